The van der Waals surface area contributed by atoms with Crippen LogP contribution in [-0.4, -0.2) is 16.9 Å². The predicted molar refractivity (Wildman–Crippen MR) is 69.8 cm³/mol. The third-order valence-corrected chi connectivity index (χ3v) is 2.78. The molecule has 0 aliphatic carbocycles. The number of halogens is 1. The minimum absolute atomic E-state index is 0.104. The van der Waals surface area contributed by atoms with E-state index < -0.39 is 5.95 Å². The number of nitrogens with one attached hydrogen (secondary N) is 1. The van der Waals surface area contributed by atoms with Crippen LogP contribution in [0.2, 0.25) is 0 Å². The van der Waals surface area contributed by atoms with E-state index in [2.05, 4.69) is 24.1 Å². The second-order valence-electron chi connectivity index (χ2n) is 5.07. The van der Waals surface area contributed by atoms with Crippen LogP contribution in [0.1, 0.15) is 50.4 Å². The summed E-state index contributed by atoms with van der Waals surface area (Å²) in [7, 11) is 0. The molecule has 0 aliphatic rings. The summed E-state index contributed by atoms with van der Waals surface area (Å²) >= 11 is 0. The normalized spacial score (nSPS) is 12.5. The Hall–Kier alpha value is -1.45. The molecular formula is C14H21FN2O. The Morgan fingerprint density at radius 2 is 2.11 bits per heavy atom. The van der Waals surface area contributed by atoms with E-state index in [-0.39, 0.29) is 11.9 Å². The summed E-state index contributed by atoms with van der Waals surface area (Å²) in [5.41, 5.74) is 0.318. The molecule has 1 atom stereocenters. The molecule has 0 aliphatic heterocycles. The molecule has 1 aromatic heterocycles. The first-order chi connectivity index (χ1) is 8.49. The van der Waals surface area contributed by atoms with Gasteiger partial charge in [-0.05, 0) is 25.3 Å². The van der Waals surface area contributed by atoms with Gasteiger partial charge in [-0.25, -0.2) is 4.98 Å². The maximum Gasteiger partial charge on any atom is 0.251 e. The molecule has 4 heteroatoms. The van der Waals surface area contributed by atoms with Crippen molar-refractivity contribution in [3.05, 3.63) is 29.8 Å². The number of hydrogen-bond donors (Lipinski definition) is 1. The number of carbonyl (C=O) groups is 1. The highest BCUT2D eigenvalue weighted by Gasteiger charge is 2.10. The highest BCUT2D eigenvalue weighted by molar-refractivity contribution is 5.94. The molecule has 3 nitrogen and oxygen atoms in total. The van der Waals surface area contributed by atoms with Gasteiger partial charge in [-0.3, -0.25) is 4.79 Å². The van der Waals surface area contributed by atoms with Crippen molar-refractivity contribution >= 4 is 5.91 Å². The quantitative estimate of drug-likeness (QED) is 0.790. The molecule has 0 saturated heterocycles. The summed E-state index contributed by atoms with van der Waals surface area (Å²) in [5, 5.41) is 2.86. The lowest BCUT2D eigenvalue weighted by atomic mass is 10.0. The Labute approximate surface area is 108 Å². The van der Waals surface area contributed by atoms with Gasteiger partial charge in [0, 0.05) is 23.9 Å². The SMILES string of the molecule is CC(C)CCCC(C)NC(=O)c1ccnc(F)c1. The minimum atomic E-state index is -0.630. The van der Waals surface area contributed by atoms with E-state index in [1.807, 2.05) is 6.92 Å². The highest BCUT2D eigenvalue weighted by atomic mass is 19.1. The number of hydrogen-bond acceptors (Lipinski definition) is 2. The standard InChI is InChI=1S/C14H21FN2O/c1-10(2)5-4-6-11(3)17-14(18)12-7-8-16-13(15)9-12/h7-11H,4-6H2,1-3H3,(H,17,18). The first-order valence-corrected chi connectivity index (χ1v) is 6.41. The third-order valence-electron chi connectivity index (χ3n) is 2.78. The zero-order chi connectivity index (χ0) is 13.5. The van der Waals surface area contributed by atoms with Crippen LogP contribution in [0.25, 0.3) is 0 Å². The molecule has 1 aromatic rings. The number of pyridine rings is 1. The van der Waals surface area contributed by atoms with Crippen molar-refractivity contribution in [1.82, 2.24) is 10.3 Å². The zero-order valence-electron chi connectivity index (χ0n) is 11.2. The molecule has 0 bridgehead atoms. The largest absolute Gasteiger partial charge is 0.350 e. The lowest BCUT2D eigenvalue weighted by molar-refractivity contribution is 0.0937. The highest BCUT2D eigenvalue weighted by Crippen LogP contribution is 2.09. The van der Waals surface area contributed by atoms with Gasteiger partial charge in [0.25, 0.3) is 5.91 Å². The van der Waals surface area contributed by atoms with Crippen molar-refractivity contribution in [2.45, 2.75) is 46.1 Å². The van der Waals surface area contributed by atoms with Crippen LogP contribution >= 0.6 is 0 Å². The lowest BCUT2D eigenvalue weighted by Gasteiger charge is -2.14. The van der Waals surface area contributed by atoms with Crippen LogP contribution in [-0.2, 0) is 0 Å². The fraction of sp³-hybridized carbons (Fsp3) is 0.571. The van der Waals surface area contributed by atoms with Crippen molar-refractivity contribution in [2.24, 2.45) is 5.92 Å². The molecule has 1 amide bonds. The van der Waals surface area contributed by atoms with Gasteiger partial charge in [-0.2, -0.15) is 4.39 Å². The molecule has 1 N–H and O–H groups in total. The number of nitrogens with zero attached hydrogens (tertiary/aromatic N) is 1. The van der Waals surface area contributed by atoms with Crippen molar-refractivity contribution in [2.75, 3.05) is 0 Å². The summed E-state index contributed by atoms with van der Waals surface area (Å²) in [4.78, 5) is 15.2. The van der Waals surface area contributed by atoms with Crippen LogP contribution in [0.15, 0.2) is 18.3 Å². The number of aromatic nitrogens is 1. The zero-order valence-corrected chi connectivity index (χ0v) is 11.2. The molecule has 0 saturated carbocycles. The van der Waals surface area contributed by atoms with Crippen LogP contribution in [0.3, 0.4) is 0 Å². The molecule has 1 rings (SSSR count). The molecule has 0 spiro atoms. The molecule has 0 radical (unpaired) electrons. The Balaban J connectivity index is 2.40. The second-order valence-corrected chi connectivity index (χ2v) is 5.07. The first-order valence-electron chi connectivity index (χ1n) is 6.41. The average Bonchev–Trinajstić information content (AvgIpc) is 2.28. The second kappa shape index (κ2) is 7.09. The summed E-state index contributed by atoms with van der Waals surface area (Å²) in [6.45, 7) is 6.34. The van der Waals surface area contributed by atoms with E-state index >= 15 is 0 Å². The number of carbonyl (C=O) groups excluding carboxylic acids is 1. The van der Waals surface area contributed by atoms with Crippen molar-refractivity contribution < 1.29 is 9.18 Å². The van der Waals surface area contributed by atoms with Gasteiger partial charge in [0.05, 0.1) is 0 Å². The smallest absolute Gasteiger partial charge is 0.251 e. The summed E-state index contributed by atoms with van der Waals surface area (Å²) in [6.07, 6.45) is 4.49. The van der Waals surface area contributed by atoms with Crippen molar-refractivity contribution in [1.29, 1.82) is 0 Å². The average molecular weight is 252 g/mol. The van der Waals surface area contributed by atoms with Gasteiger partial charge in [0.15, 0.2) is 0 Å². The Morgan fingerprint density at radius 1 is 1.39 bits per heavy atom. The van der Waals surface area contributed by atoms with Gasteiger partial charge in [-0.1, -0.05) is 26.7 Å². The maximum absolute atomic E-state index is 12.9. The van der Waals surface area contributed by atoms with E-state index in [1.54, 1.807) is 0 Å². The molecule has 100 valence electrons. The molecule has 1 heterocycles. The Kier molecular flexibility index (Phi) is 5.75. The van der Waals surface area contributed by atoms with Gasteiger partial charge in [0.1, 0.15) is 0 Å². The third kappa shape index (κ3) is 5.25. The van der Waals surface area contributed by atoms with Crippen LogP contribution < -0.4 is 5.32 Å². The van der Waals surface area contributed by atoms with Crippen molar-refractivity contribution in [3.63, 3.8) is 0 Å². The van der Waals surface area contributed by atoms with Crippen LogP contribution in [0, 0.1) is 11.9 Å². The lowest BCUT2D eigenvalue weighted by Crippen LogP contribution is -2.32. The van der Waals surface area contributed by atoms with Gasteiger partial charge in [0.2, 0.25) is 5.95 Å². The Bertz CT molecular complexity index is 393. The predicted octanol–water partition coefficient (Wildman–Crippen LogP) is 3.17. The van der Waals surface area contributed by atoms with Crippen LogP contribution in [0.5, 0.6) is 0 Å². The maximum atomic E-state index is 12.9. The van der Waals surface area contributed by atoms with E-state index in [9.17, 15) is 9.18 Å². The molecular weight excluding hydrogens is 231 g/mol. The summed E-state index contributed by atoms with van der Waals surface area (Å²) in [6, 6.07) is 2.77. The minimum Gasteiger partial charge on any atom is -0.350 e. The van der Waals surface area contributed by atoms with Gasteiger partial charge < -0.3 is 5.32 Å². The molecule has 18 heavy (non-hydrogen) atoms. The van der Waals surface area contributed by atoms with Gasteiger partial charge >= 0.3 is 0 Å². The summed E-state index contributed by atoms with van der Waals surface area (Å²) in [5.74, 6) is -0.189. The summed E-state index contributed by atoms with van der Waals surface area (Å²) < 4.78 is 12.9. The van der Waals surface area contributed by atoms with E-state index in [0.717, 1.165) is 25.3 Å². The first kappa shape index (κ1) is 14.6. The number of rotatable bonds is 6. The van der Waals surface area contributed by atoms with E-state index in [4.69, 9.17) is 0 Å². The number of amides is 1. The van der Waals surface area contributed by atoms with E-state index in [0.29, 0.717) is 11.5 Å². The fourth-order valence-electron chi connectivity index (χ4n) is 1.76. The van der Waals surface area contributed by atoms with Gasteiger partial charge in [-0.15, -0.1) is 0 Å². The Morgan fingerprint density at radius 3 is 2.72 bits per heavy atom. The van der Waals surface area contributed by atoms with Crippen molar-refractivity contribution in [3.8, 4) is 0 Å². The van der Waals surface area contributed by atoms with Crippen LogP contribution in [0.4, 0.5) is 4.39 Å². The van der Waals surface area contributed by atoms with E-state index in [1.165, 1.54) is 12.3 Å². The molecule has 0 fully saturated rings. The molecule has 0 aromatic carbocycles. The topological polar surface area (TPSA) is 42.0 Å². The molecule has 1 unspecified atom stereocenters. The fourth-order valence-corrected chi connectivity index (χ4v) is 1.76. The monoisotopic (exact) mass is 252 g/mol.